The second kappa shape index (κ2) is 10.1. The van der Waals surface area contributed by atoms with Crippen LogP contribution >= 0.6 is 0 Å². The highest BCUT2D eigenvalue weighted by Gasteiger charge is 2.69. The maximum absolute atomic E-state index is 12.4. The Morgan fingerprint density at radius 1 is 0.975 bits per heavy atom. The number of fused-ring (bicyclic) bond motifs is 5. The van der Waals surface area contributed by atoms with Crippen molar-refractivity contribution in [3.8, 4) is 0 Å². The maximum Gasteiger partial charge on any atom is 0.335 e. The van der Waals surface area contributed by atoms with Crippen molar-refractivity contribution in [1.29, 1.82) is 0 Å². The second-order valence-electron chi connectivity index (χ2n) is 13.7. The number of rotatable bonds is 4. The van der Waals surface area contributed by atoms with Gasteiger partial charge in [0.1, 0.15) is 24.4 Å². The molecule has 4 saturated carbocycles. The third-order valence-corrected chi connectivity index (χ3v) is 12.1. The standard InChI is InChI=1S/C30H44O10/c1-28-9-7-17(39-27-26(36)25(35)24(34)21(13-31)40-27)11-16(28)4-5-19-18(28)8-10-29(2)23(20(32)12-30(19,29)37)15-3-6-22(33)38-14-15/h3,6,14,16-21,23-27,31-32,34-37H,4-5,7-13H2,1-2H3/t16-,17?,18-,19+,20?,21?,23-,24?,25?,26?,27?,28-,29+,30-/m0/s1. The SMILES string of the molecule is C[C@]12CCC(OC3OC(CO)C(O)C(O)C3O)C[C@@H]1CC[C@@H]1[C@@H]2CC[C@]2(C)[C@@H](c3ccc(=O)oc3)C(O)C[C@]12O. The van der Waals surface area contributed by atoms with E-state index in [4.69, 9.17) is 13.9 Å². The van der Waals surface area contributed by atoms with E-state index < -0.39 is 60.1 Å². The van der Waals surface area contributed by atoms with Gasteiger partial charge in [-0.25, -0.2) is 4.79 Å². The number of aliphatic hydroxyl groups is 6. The van der Waals surface area contributed by atoms with Crippen molar-refractivity contribution in [3.05, 3.63) is 34.4 Å². The van der Waals surface area contributed by atoms with Crippen LogP contribution in [0.15, 0.2) is 27.6 Å². The van der Waals surface area contributed by atoms with Gasteiger partial charge >= 0.3 is 5.63 Å². The van der Waals surface area contributed by atoms with Crippen molar-refractivity contribution in [2.75, 3.05) is 6.61 Å². The van der Waals surface area contributed by atoms with E-state index >= 15 is 0 Å². The highest BCUT2D eigenvalue weighted by Crippen LogP contribution is 2.70. The molecule has 40 heavy (non-hydrogen) atoms. The Hall–Kier alpha value is -1.37. The minimum absolute atomic E-state index is 0.0161. The van der Waals surface area contributed by atoms with E-state index in [-0.39, 0.29) is 29.3 Å². The molecule has 224 valence electrons. The molecule has 1 aromatic heterocycles. The van der Waals surface area contributed by atoms with Gasteiger partial charge in [-0.2, -0.15) is 0 Å². The molecule has 0 bridgehead atoms. The highest BCUT2D eigenvalue weighted by molar-refractivity contribution is 5.29. The van der Waals surface area contributed by atoms with Gasteiger partial charge < -0.3 is 44.5 Å². The van der Waals surface area contributed by atoms with E-state index in [9.17, 15) is 35.4 Å². The van der Waals surface area contributed by atoms with Crippen LogP contribution in [0.25, 0.3) is 0 Å². The second-order valence-corrected chi connectivity index (χ2v) is 13.7. The van der Waals surface area contributed by atoms with Crippen LogP contribution in [0, 0.1) is 28.6 Å². The molecule has 6 rings (SSSR count). The molecule has 1 saturated heterocycles. The fourth-order valence-corrected chi connectivity index (χ4v) is 9.86. The largest absolute Gasteiger partial charge is 0.431 e. The summed E-state index contributed by atoms with van der Waals surface area (Å²) < 4.78 is 16.9. The fourth-order valence-electron chi connectivity index (χ4n) is 9.86. The molecule has 14 atom stereocenters. The lowest BCUT2D eigenvalue weighted by atomic mass is 9.43. The Morgan fingerprint density at radius 3 is 2.45 bits per heavy atom. The molecule has 7 unspecified atom stereocenters. The summed E-state index contributed by atoms with van der Waals surface area (Å²) in [5, 5.41) is 63.9. The van der Waals surface area contributed by atoms with E-state index in [1.165, 1.54) is 12.3 Å². The van der Waals surface area contributed by atoms with Crippen molar-refractivity contribution in [2.24, 2.45) is 28.6 Å². The van der Waals surface area contributed by atoms with E-state index in [1.807, 2.05) is 0 Å². The average Bonchev–Trinajstić information content (AvgIpc) is 3.14. The minimum Gasteiger partial charge on any atom is -0.431 e. The van der Waals surface area contributed by atoms with Crippen molar-refractivity contribution in [1.82, 2.24) is 0 Å². The molecule has 2 heterocycles. The maximum atomic E-state index is 12.4. The van der Waals surface area contributed by atoms with Crippen molar-refractivity contribution >= 4 is 0 Å². The highest BCUT2D eigenvalue weighted by atomic mass is 16.7. The number of hydrogen-bond acceptors (Lipinski definition) is 10. The van der Waals surface area contributed by atoms with Crippen molar-refractivity contribution in [2.45, 2.75) is 120 Å². The van der Waals surface area contributed by atoms with Gasteiger partial charge in [-0.05, 0) is 79.7 Å². The third-order valence-electron chi connectivity index (χ3n) is 12.1. The average molecular weight is 565 g/mol. The number of hydrogen-bond donors (Lipinski definition) is 6. The van der Waals surface area contributed by atoms with Crippen LogP contribution in [0.1, 0.15) is 76.7 Å². The molecule has 6 N–H and O–H groups in total. The quantitative estimate of drug-likeness (QED) is 0.291. The van der Waals surface area contributed by atoms with Crippen LogP contribution in [0.4, 0.5) is 0 Å². The van der Waals surface area contributed by atoms with E-state index in [2.05, 4.69) is 13.8 Å². The van der Waals surface area contributed by atoms with Crippen LogP contribution in [0.5, 0.6) is 0 Å². The van der Waals surface area contributed by atoms with Crippen LogP contribution in [-0.2, 0) is 9.47 Å². The molecular weight excluding hydrogens is 520 g/mol. The van der Waals surface area contributed by atoms with Gasteiger partial charge in [0.05, 0.1) is 30.7 Å². The lowest BCUT2D eigenvalue weighted by Crippen LogP contribution is -2.62. The van der Waals surface area contributed by atoms with Gasteiger partial charge in [-0.3, -0.25) is 0 Å². The van der Waals surface area contributed by atoms with Crippen LogP contribution in [0.3, 0.4) is 0 Å². The lowest BCUT2D eigenvalue weighted by molar-refractivity contribution is -0.317. The fraction of sp³-hybridized carbons (Fsp3) is 0.833. The number of ether oxygens (including phenoxy) is 2. The zero-order valence-corrected chi connectivity index (χ0v) is 23.3. The monoisotopic (exact) mass is 564 g/mol. The predicted octanol–water partition coefficient (Wildman–Crippen LogP) is 1.04. The molecule has 1 aliphatic heterocycles. The summed E-state index contributed by atoms with van der Waals surface area (Å²) in [6.07, 6.45) is 0.228. The molecule has 1 aromatic rings. The van der Waals surface area contributed by atoms with Gasteiger partial charge in [-0.15, -0.1) is 0 Å². The molecule has 10 nitrogen and oxygen atoms in total. The van der Waals surface area contributed by atoms with Crippen molar-refractivity contribution < 1.29 is 44.5 Å². The molecule has 0 aromatic carbocycles. The molecule has 0 radical (unpaired) electrons. The summed E-state index contributed by atoms with van der Waals surface area (Å²) in [7, 11) is 0. The van der Waals surface area contributed by atoms with E-state index in [0.29, 0.717) is 12.3 Å². The summed E-state index contributed by atoms with van der Waals surface area (Å²) in [5.41, 5.74) is -1.27. The molecule has 5 aliphatic rings. The first kappa shape index (κ1) is 28.7. The van der Waals surface area contributed by atoms with Gasteiger partial charge in [0.15, 0.2) is 6.29 Å². The number of aliphatic hydroxyl groups excluding tert-OH is 5. The zero-order valence-electron chi connectivity index (χ0n) is 23.3. The molecule has 10 heteroatoms. The third kappa shape index (κ3) is 4.17. The Balaban J connectivity index is 1.18. The molecule has 0 amide bonds. The van der Waals surface area contributed by atoms with Gasteiger partial charge in [0.2, 0.25) is 0 Å². The summed E-state index contributed by atoms with van der Waals surface area (Å²) in [5.74, 6) is 0.370. The predicted molar refractivity (Wildman–Crippen MR) is 141 cm³/mol. The van der Waals surface area contributed by atoms with E-state index in [1.54, 1.807) is 6.07 Å². The Bertz CT molecular complexity index is 1120. The minimum atomic E-state index is -1.46. The Kier molecular flexibility index (Phi) is 7.27. The molecule has 5 fully saturated rings. The summed E-state index contributed by atoms with van der Waals surface area (Å²) >= 11 is 0. The first-order chi connectivity index (χ1) is 18.9. The summed E-state index contributed by atoms with van der Waals surface area (Å²) in [4.78, 5) is 11.6. The first-order valence-corrected chi connectivity index (χ1v) is 14.9. The van der Waals surface area contributed by atoms with E-state index in [0.717, 1.165) is 50.5 Å². The lowest BCUT2D eigenvalue weighted by Gasteiger charge is -2.63. The molecule has 0 spiro atoms. The zero-order chi connectivity index (χ0) is 28.6. The van der Waals surface area contributed by atoms with Crippen LogP contribution in [0.2, 0.25) is 0 Å². The first-order valence-electron chi connectivity index (χ1n) is 14.9. The smallest absolute Gasteiger partial charge is 0.335 e. The summed E-state index contributed by atoms with van der Waals surface area (Å²) in [6.45, 7) is 3.93. The van der Waals surface area contributed by atoms with Gasteiger partial charge in [-0.1, -0.05) is 13.8 Å². The Labute approximate surface area is 233 Å². The van der Waals surface area contributed by atoms with Gasteiger partial charge in [0.25, 0.3) is 0 Å². The normalized spacial score (nSPS) is 52.5. The topological polar surface area (TPSA) is 170 Å². The van der Waals surface area contributed by atoms with Gasteiger partial charge in [0, 0.05) is 23.8 Å². The van der Waals surface area contributed by atoms with Crippen molar-refractivity contribution in [3.63, 3.8) is 0 Å². The molecular formula is C30H44O10. The summed E-state index contributed by atoms with van der Waals surface area (Å²) in [6, 6.07) is 3.10. The van der Waals surface area contributed by atoms with Crippen LogP contribution < -0.4 is 5.63 Å². The molecule has 4 aliphatic carbocycles. The Morgan fingerprint density at radius 2 is 1.75 bits per heavy atom. The van der Waals surface area contributed by atoms with Crippen LogP contribution in [-0.4, -0.2) is 85.8 Å².